The summed E-state index contributed by atoms with van der Waals surface area (Å²) in [7, 11) is 0. The average molecular weight is 304 g/mol. The van der Waals surface area contributed by atoms with Crippen molar-refractivity contribution in [2.75, 3.05) is 19.7 Å². The molecule has 2 aromatic rings. The van der Waals surface area contributed by atoms with E-state index in [2.05, 4.69) is 36.5 Å². The minimum atomic E-state index is 0.747. The number of ether oxygens (including phenoxy) is 1. The molecule has 0 saturated heterocycles. The number of hydrogen-bond acceptors (Lipinski definition) is 2. The van der Waals surface area contributed by atoms with E-state index in [1.54, 1.807) is 0 Å². The van der Waals surface area contributed by atoms with Crippen molar-refractivity contribution in [1.29, 1.82) is 0 Å². The molecule has 112 valence electrons. The molecule has 0 heterocycles. The van der Waals surface area contributed by atoms with E-state index >= 15 is 0 Å². The van der Waals surface area contributed by atoms with E-state index in [9.17, 15) is 0 Å². The maximum absolute atomic E-state index is 5.86. The summed E-state index contributed by atoms with van der Waals surface area (Å²) in [5.41, 5.74) is 2.54. The fourth-order valence-electron chi connectivity index (χ4n) is 2.10. The largest absolute Gasteiger partial charge is 0.494 e. The standard InChI is InChI=1S/C18H22ClNO/c1-15-4-2-5-18(14-15)21-13-3-11-20-12-10-16-6-8-17(19)9-7-16/h2,4-9,14,20H,3,10-13H2,1H3. The van der Waals surface area contributed by atoms with E-state index in [0.717, 1.165) is 43.3 Å². The maximum Gasteiger partial charge on any atom is 0.119 e. The summed E-state index contributed by atoms with van der Waals surface area (Å²) in [6, 6.07) is 16.2. The summed E-state index contributed by atoms with van der Waals surface area (Å²) >= 11 is 5.86. The monoisotopic (exact) mass is 303 g/mol. The van der Waals surface area contributed by atoms with Crippen LogP contribution in [-0.2, 0) is 6.42 Å². The van der Waals surface area contributed by atoms with Gasteiger partial charge in [0.25, 0.3) is 0 Å². The Hall–Kier alpha value is -1.51. The Morgan fingerprint density at radius 3 is 2.62 bits per heavy atom. The molecule has 0 radical (unpaired) electrons. The van der Waals surface area contributed by atoms with Gasteiger partial charge in [-0.25, -0.2) is 0 Å². The van der Waals surface area contributed by atoms with E-state index in [1.165, 1.54) is 11.1 Å². The van der Waals surface area contributed by atoms with Crippen molar-refractivity contribution < 1.29 is 4.74 Å². The molecule has 2 aromatic carbocycles. The van der Waals surface area contributed by atoms with Crippen molar-refractivity contribution in [3.8, 4) is 5.75 Å². The first kappa shape index (κ1) is 15.9. The number of benzene rings is 2. The first-order chi connectivity index (χ1) is 10.2. The molecular formula is C18H22ClNO. The molecule has 0 fully saturated rings. The van der Waals surface area contributed by atoms with Crippen molar-refractivity contribution in [2.24, 2.45) is 0 Å². The van der Waals surface area contributed by atoms with Crippen molar-refractivity contribution in [2.45, 2.75) is 19.8 Å². The van der Waals surface area contributed by atoms with Gasteiger partial charge in [0.15, 0.2) is 0 Å². The van der Waals surface area contributed by atoms with Crippen molar-refractivity contribution >= 4 is 11.6 Å². The van der Waals surface area contributed by atoms with Gasteiger partial charge in [-0.1, -0.05) is 35.9 Å². The summed E-state index contributed by atoms with van der Waals surface area (Å²) in [6.07, 6.45) is 2.03. The van der Waals surface area contributed by atoms with E-state index in [0.29, 0.717) is 0 Å². The molecule has 0 bridgehead atoms. The normalized spacial score (nSPS) is 10.6. The lowest BCUT2D eigenvalue weighted by Crippen LogP contribution is -2.20. The molecule has 3 heteroatoms. The van der Waals surface area contributed by atoms with Crippen LogP contribution in [0.3, 0.4) is 0 Å². The molecule has 0 aromatic heterocycles. The van der Waals surface area contributed by atoms with Crippen LogP contribution < -0.4 is 10.1 Å². The Morgan fingerprint density at radius 2 is 1.86 bits per heavy atom. The summed E-state index contributed by atoms with van der Waals surface area (Å²) in [5, 5.41) is 4.22. The molecule has 2 nitrogen and oxygen atoms in total. The number of hydrogen-bond donors (Lipinski definition) is 1. The molecule has 1 N–H and O–H groups in total. The quantitative estimate of drug-likeness (QED) is 0.736. The lowest BCUT2D eigenvalue weighted by molar-refractivity contribution is 0.308. The van der Waals surface area contributed by atoms with Crippen LogP contribution in [0.5, 0.6) is 5.75 Å². The third-order valence-electron chi connectivity index (χ3n) is 3.26. The highest BCUT2D eigenvalue weighted by atomic mass is 35.5. The summed E-state index contributed by atoms with van der Waals surface area (Å²) < 4.78 is 5.71. The van der Waals surface area contributed by atoms with Gasteiger partial charge in [0, 0.05) is 5.02 Å². The van der Waals surface area contributed by atoms with Gasteiger partial charge in [-0.15, -0.1) is 0 Å². The lowest BCUT2D eigenvalue weighted by Gasteiger charge is -2.08. The molecule has 0 aliphatic rings. The Bertz CT molecular complexity index is 539. The Kier molecular flexibility index (Phi) is 6.58. The predicted octanol–water partition coefficient (Wildman–Crippen LogP) is 4.25. The zero-order valence-corrected chi connectivity index (χ0v) is 13.2. The maximum atomic E-state index is 5.86. The van der Waals surface area contributed by atoms with E-state index in [1.807, 2.05) is 24.3 Å². The van der Waals surface area contributed by atoms with Crippen molar-refractivity contribution in [3.63, 3.8) is 0 Å². The van der Waals surface area contributed by atoms with Crippen molar-refractivity contribution in [3.05, 3.63) is 64.7 Å². The zero-order chi connectivity index (χ0) is 14.9. The van der Waals surface area contributed by atoms with Crippen LogP contribution in [0, 0.1) is 6.92 Å². The van der Waals surface area contributed by atoms with Crippen LogP contribution >= 0.6 is 11.6 Å². The smallest absolute Gasteiger partial charge is 0.119 e. The van der Waals surface area contributed by atoms with Gasteiger partial charge in [0.1, 0.15) is 5.75 Å². The molecule has 0 aliphatic carbocycles. The van der Waals surface area contributed by atoms with E-state index in [-0.39, 0.29) is 0 Å². The summed E-state index contributed by atoms with van der Waals surface area (Å²) in [6.45, 7) is 4.77. The third kappa shape index (κ3) is 6.19. The zero-order valence-electron chi connectivity index (χ0n) is 12.4. The van der Waals surface area contributed by atoms with Gasteiger partial charge in [0.05, 0.1) is 6.61 Å². The minimum absolute atomic E-state index is 0.747. The van der Waals surface area contributed by atoms with Crippen LogP contribution in [0.2, 0.25) is 5.02 Å². The van der Waals surface area contributed by atoms with Crippen LogP contribution in [0.1, 0.15) is 17.5 Å². The Morgan fingerprint density at radius 1 is 1.05 bits per heavy atom. The number of halogens is 1. The van der Waals surface area contributed by atoms with Gasteiger partial charge < -0.3 is 10.1 Å². The SMILES string of the molecule is Cc1cccc(OCCCNCCc2ccc(Cl)cc2)c1. The molecule has 0 atom stereocenters. The van der Waals surface area contributed by atoms with Gasteiger partial charge in [-0.3, -0.25) is 0 Å². The number of rotatable bonds is 8. The molecule has 21 heavy (non-hydrogen) atoms. The molecule has 0 spiro atoms. The highest BCUT2D eigenvalue weighted by Crippen LogP contribution is 2.12. The van der Waals surface area contributed by atoms with Crippen LogP contribution in [-0.4, -0.2) is 19.7 Å². The third-order valence-corrected chi connectivity index (χ3v) is 3.51. The fourth-order valence-corrected chi connectivity index (χ4v) is 2.23. The van der Waals surface area contributed by atoms with Crippen LogP contribution in [0.25, 0.3) is 0 Å². The first-order valence-corrected chi connectivity index (χ1v) is 7.76. The van der Waals surface area contributed by atoms with Gasteiger partial charge in [-0.05, 0) is 68.2 Å². The second-order valence-corrected chi connectivity index (χ2v) is 5.58. The summed E-state index contributed by atoms with van der Waals surface area (Å²) in [4.78, 5) is 0. The number of aryl methyl sites for hydroxylation is 1. The molecular weight excluding hydrogens is 282 g/mol. The van der Waals surface area contributed by atoms with Gasteiger partial charge in [0.2, 0.25) is 0 Å². The first-order valence-electron chi connectivity index (χ1n) is 7.39. The minimum Gasteiger partial charge on any atom is -0.494 e. The predicted molar refractivity (Wildman–Crippen MR) is 89.3 cm³/mol. The average Bonchev–Trinajstić information content (AvgIpc) is 2.48. The second kappa shape index (κ2) is 8.71. The van der Waals surface area contributed by atoms with Gasteiger partial charge in [-0.2, -0.15) is 0 Å². The molecule has 0 saturated carbocycles. The molecule has 0 unspecified atom stereocenters. The van der Waals surface area contributed by atoms with Crippen LogP contribution in [0.4, 0.5) is 0 Å². The fraction of sp³-hybridized carbons (Fsp3) is 0.333. The highest BCUT2D eigenvalue weighted by Gasteiger charge is 1.95. The lowest BCUT2D eigenvalue weighted by atomic mass is 10.1. The highest BCUT2D eigenvalue weighted by molar-refractivity contribution is 6.30. The number of nitrogens with one attached hydrogen (secondary N) is 1. The van der Waals surface area contributed by atoms with Gasteiger partial charge >= 0.3 is 0 Å². The van der Waals surface area contributed by atoms with Crippen LogP contribution in [0.15, 0.2) is 48.5 Å². The topological polar surface area (TPSA) is 21.3 Å². The second-order valence-electron chi connectivity index (χ2n) is 5.14. The Labute approximate surface area is 132 Å². The molecule has 0 amide bonds. The molecule has 2 rings (SSSR count). The summed E-state index contributed by atoms with van der Waals surface area (Å²) in [5.74, 6) is 0.955. The van der Waals surface area contributed by atoms with E-state index in [4.69, 9.17) is 16.3 Å². The Balaban J connectivity index is 1.53. The molecule has 0 aliphatic heterocycles. The van der Waals surface area contributed by atoms with E-state index < -0.39 is 0 Å². The van der Waals surface area contributed by atoms with Crippen molar-refractivity contribution in [1.82, 2.24) is 5.32 Å².